The predicted octanol–water partition coefficient (Wildman–Crippen LogP) is 4.58. The molecule has 2 N–H and O–H groups in total. The predicted molar refractivity (Wildman–Crippen MR) is 140 cm³/mol. The Bertz CT molecular complexity index is 1320. The second kappa shape index (κ2) is 10.1. The van der Waals surface area contributed by atoms with Crippen molar-refractivity contribution in [1.82, 2.24) is 24.8 Å². The summed E-state index contributed by atoms with van der Waals surface area (Å²) in [5, 5.41) is 7.08. The van der Waals surface area contributed by atoms with Gasteiger partial charge in [0.2, 0.25) is 5.91 Å². The van der Waals surface area contributed by atoms with Gasteiger partial charge in [-0.25, -0.2) is 0 Å². The van der Waals surface area contributed by atoms with Gasteiger partial charge in [-0.05, 0) is 67.2 Å². The number of nitrogens with one attached hydrogen (secondary N) is 2. The van der Waals surface area contributed by atoms with Crippen molar-refractivity contribution >= 4 is 28.9 Å². The van der Waals surface area contributed by atoms with Crippen LogP contribution in [0.2, 0.25) is 0 Å². The first kappa shape index (κ1) is 22.7. The molecule has 8 heteroatoms. The SMILES string of the molecule is Cc1ccccc1NC(=O)CCN1C(=S)N[C@H](c2ccccn2)[C@H]1c1cccn1-c1cccnc1. The number of rotatable bonds is 7. The molecule has 1 fully saturated rings. The first-order valence-electron chi connectivity index (χ1n) is 11.5. The maximum Gasteiger partial charge on any atom is 0.226 e. The minimum atomic E-state index is -0.159. The topological polar surface area (TPSA) is 75.1 Å². The van der Waals surface area contributed by atoms with Crippen LogP contribution < -0.4 is 10.6 Å². The van der Waals surface area contributed by atoms with E-state index < -0.39 is 0 Å². The Hall–Kier alpha value is -4.04. The van der Waals surface area contributed by atoms with Gasteiger partial charge in [-0.1, -0.05) is 24.3 Å². The molecule has 0 radical (unpaired) electrons. The molecule has 4 aromatic rings. The summed E-state index contributed by atoms with van der Waals surface area (Å²) in [7, 11) is 0. The van der Waals surface area contributed by atoms with E-state index in [-0.39, 0.29) is 18.0 Å². The van der Waals surface area contributed by atoms with Crippen molar-refractivity contribution in [3.8, 4) is 5.69 Å². The zero-order chi connectivity index (χ0) is 24.2. The molecule has 1 saturated heterocycles. The maximum absolute atomic E-state index is 12.8. The number of hydrogen-bond donors (Lipinski definition) is 2. The van der Waals surface area contributed by atoms with Crippen LogP contribution in [0.4, 0.5) is 5.69 Å². The summed E-state index contributed by atoms with van der Waals surface area (Å²) >= 11 is 5.76. The van der Waals surface area contributed by atoms with Crippen LogP contribution in [0.1, 0.15) is 35.5 Å². The van der Waals surface area contributed by atoms with Gasteiger partial charge in [-0.3, -0.25) is 14.8 Å². The molecule has 4 heterocycles. The molecule has 3 aromatic heterocycles. The van der Waals surface area contributed by atoms with E-state index in [2.05, 4.69) is 36.1 Å². The Morgan fingerprint density at radius 3 is 2.69 bits per heavy atom. The Balaban J connectivity index is 1.44. The number of amides is 1. The van der Waals surface area contributed by atoms with Crippen LogP contribution in [-0.4, -0.2) is 37.0 Å². The van der Waals surface area contributed by atoms with Crippen molar-refractivity contribution < 1.29 is 4.79 Å². The van der Waals surface area contributed by atoms with Gasteiger partial charge in [0.15, 0.2) is 5.11 Å². The summed E-state index contributed by atoms with van der Waals surface area (Å²) in [5.41, 5.74) is 4.75. The van der Waals surface area contributed by atoms with Gasteiger partial charge >= 0.3 is 0 Å². The van der Waals surface area contributed by atoms with Gasteiger partial charge in [-0.15, -0.1) is 0 Å². The van der Waals surface area contributed by atoms with E-state index >= 15 is 0 Å². The fraction of sp³-hybridized carbons (Fsp3) is 0.185. The zero-order valence-corrected chi connectivity index (χ0v) is 20.2. The van der Waals surface area contributed by atoms with Crippen LogP contribution in [0.5, 0.6) is 0 Å². The summed E-state index contributed by atoms with van der Waals surface area (Å²) < 4.78 is 2.11. The monoisotopic (exact) mass is 482 g/mol. The van der Waals surface area contributed by atoms with Crippen molar-refractivity contribution in [3.05, 3.63) is 108 Å². The van der Waals surface area contributed by atoms with E-state index in [0.717, 1.165) is 28.3 Å². The second-order valence-electron chi connectivity index (χ2n) is 8.45. The lowest BCUT2D eigenvalue weighted by atomic mass is 10.0. The highest BCUT2D eigenvalue weighted by atomic mass is 32.1. The van der Waals surface area contributed by atoms with E-state index in [1.54, 1.807) is 12.4 Å². The third kappa shape index (κ3) is 4.79. The molecule has 1 aromatic carbocycles. The minimum absolute atomic E-state index is 0.0511. The fourth-order valence-electron chi connectivity index (χ4n) is 4.48. The highest BCUT2D eigenvalue weighted by molar-refractivity contribution is 7.80. The number of aromatic nitrogens is 3. The first-order chi connectivity index (χ1) is 17.1. The lowest BCUT2D eigenvalue weighted by molar-refractivity contribution is -0.116. The van der Waals surface area contributed by atoms with Crippen LogP contribution in [0.25, 0.3) is 5.69 Å². The number of nitrogens with zero attached hydrogens (tertiary/aromatic N) is 4. The number of pyridine rings is 2. The summed E-state index contributed by atoms with van der Waals surface area (Å²) in [6.45, 7) is 2.45. The smallest absolute Gasteiger partial charge is 0.226 e. The second-order valence-corrected chi connectivity index (χ2v) is 8.83. The Morgan fingerprint density at radius 1 is 1.06 bits per heavy atom. The number of thiocarbonyl (C=S) groups is 1. The molecule has 0 aliphatic carbocycles. The zero-order valence-electron chi connectivity index (χ0n) is 19.3. The van der Waals surface area contributed by atoms with Crippen molar-refractivity contribution in [2.75, 3.05) is 11.9 Å². The summed E-state index contributed by atoms with van der Waals surface area (Å²) in [6.07, 6.45) is 7.70. The average molecular weight is 483 g/mol. The van der Waals surface area contributed by atoms with Gasteiger partial charge in [-0.2, -0.15) is 0 Å². The number of aryl methyl sites for hydroxylation is 1. The van der Waals surface area contributed by atoms with E-state index in [9.17, 15) is 4.79 Å². The number of carbonyl (C=O) groups is 1. The Labute approximate surface area is 209 Å². The average Bonchev–Trinajstić information content (AvgIpc) is 3.49. The van der Waals surface area contributed by atoms with Gasteiger partial charge in [0.1, 0.15) is 0 Å². The minimum Gasteiger partial charge on any atom is -0.352 e. The molecule has 1 aliphatic heterocycles. The summed E-state index contributed by atoms with van der Waals surface area (Å²) in [4.78, 5) is 23.8. The molecule has 0 saturated carbocycles. The maximum atomic E-state index is 12.8. The summed E-state index contributed by atoms with van der Waals surface area (Å²) in [6, 6.07) is 21.4. The van der Waals surface area contributed by atoms with Gasteiger partial charge in [0.25, 0.3) is 0 Å². The number of para-hydroxylation sites is 1. The van der Waals surface area contributed by atoms with Crippen LogP contribution in [0.3, 0.4) is 0 Å². The Morgan fingerprint density at radius 2 is 1.91 bits per heavy atom. The summed E-state index contributed by atoms with van der Waals surface area (Å²) in [5.74, 6) is -0.0511. The van der Waals surface area contributed by atoms with Gasteiger partial charge in [0, 0.05) is 42.9 Å². The van der Waals surface area contributed by atoms with Crippen molar-refractivity contribution in [1.29, 1.82) is 0 Å². The molecule has 7 nitrogen and oxygen atoms in total. The van der Waals surface area contributed by atoms with Crippen molar-refractivity contribution in [2.24, 2.45) is 0 Å². The molecular weight excluding hydrogens is 456 g/mol. The molecule has 0 spiro atoms. The first-order valence-corrected chi connectivity index (χ1v) is 11.9. The van der Waals surface area contributed by atoms with Gasteiger partial charge in [0.05, 0.1) is 29.7 Å². The lowest BCUT2D eigenvalue weighted by Crippen LogP contribution is -2.33. The van der Waals surface area contributed by atoms with Crippen LogP contribution in [0.15, 0.2) is 91.5 Å². The molecule has 176 valence electrons. The molecule has 0 bridgehead atoms. The number of hydrogen-bond acceptors (Lipinski definition) is 4. The van der Waals surface area contributed by atoms with Crippen LogP contribution in [-0.2, 0) is 4.79 Å². The molecule has 1 aliphatic rings. The third-order valence-electron chi connectivity index (χ3n) is 6.20. The van der Waals surface area contributed by atoms with E-state index in [0.29, 0.717) is 18.1 Å². The molecule has 0 unspecified atom stereocenters. The lowest BCUT2D eigenvalue weighted by Gasteiger charge is -2.28. The largest absolute Gasteiger partial charge is 0.352 e. The van der Waals surface area contributed by atoms with E-state index in [4.69, 9.17) is 12.2 Å². The Kier molecular flexibility index (Phi) is 6.54. The number of carbonyl (C=O) groups excluding carboxylic acids is 1. The number of benzene rings is 1. The van der Waals surface area contributed by atoms with E-state index in [1.807, 2.05) is 80.0 Å². The van der Waals surface area contributed by atoms with Crippen LogP contribution in [0, 0.1) is 6.92 Å². The van der Waals surface area contributed by atoms with Crippen molar-refractivity contribution in [2.45, 2.75) is 25.4 Å². The normalized spacial score (nSPS) is 17.3. The van der Waals surface area contributed by atoms with Crippen molar-refractivity contribution in [3.63, 3.8) is 0 Å². The molecule has 35 heavy (non-hydrogen) atoms. The number of anilines is 1. The molecule has 1 amide bonds. The molecule has 5 rings (SSSR count). The van der Waals surface area contributed by atoms with Gasteiger partial charge < -0.3 is 20.1 Å². The highest BCUT2D eigenvalue weighted by Gasteiger charge is 2.41. The molecule has 2 atom stereocenters. The van der Waals surface area contributed by atoms with E-state index in [1.165, 1.54) is 0 Å². The molecular formula is C27H26N6OS. The fourth-order valence-corrected chi connectivity index (χ4v) is 4.81. The third-order valence-corrected chi connectivity index (χ3v) is 6.56. The van der Waals surface area contributed by atoms with Crippen LogP contribution >= 0.6 is 12.2 Å². The highest BCUT2D eigenvalue weighted by Crippen LogP contribution is 2.39. The standard InChI is InChI=1S/C27H26N6OS/c1-19-8-2-3-10-21(19)30-24(34)13-17-33-26(25(31-27(33)35)22-11-4-5-15-29-22)23-12-7-16-32(23)20-9-6-14-28-18-20/h2-12,14-16,18,25-26H,13,17H2,1H3,(H,30,34)(H,31,35)/t25-,26-/m1/s1. The quantitative estimate of drug-likeness (QED) is 0.376.